The molecule has 1 heterocycles. The second kappa shape index (κ2) is 4.59. The zero-order valence-corrected chi connectivity index (χ0v) is 9.72. The summed E-state index contributed by atoms with van der Waals surface area (Å²) in [7, 11) is 0. The van der Waals surface area contributed by atoms with Crippen LogP contribution in [0.1, 0.15) is 6.92 Å². The molecule has 1 aromatic carbocycles. The fourth-order valence-electron chi connectivity index (χ4n) is 1.45. The van der Waals surface area contributed by atoms with Crippen LogP contribution in [0.3, 0.4) is 0 Å². The standard InChI is InChI=1S/C12H9ClFNO2/c1-7(16)15-12-9(13)5-8(6-10(12)14)11-3-2-4-17-11/h2-6H,1H3,(H,15,16). The SMILES string of the molecule is CC(=O)Nc1c(F)cc(-c2ccco2)cc1Cl. The lowest BCUT2D eigenvalue weighted by molar-refractivity contribution is -0.114. The van der Waals surface area contributed by atoms with Crippen LogP contribution in [0.15, 0.2) is 34.9 Å². The molecule has 88 valence electrons. The molecule has 2 aromatic rings. The van der Waals surface area contributed by atoms with Gasteiger partial charge in [-0.2, -0.15) is 0 Å². The number of benzene rings is 1. The van der Waals surface area contributed by atoms with Gasteiger partial charge in [-0.05, 0) is 24.3 Å². The van der Waals surface area contributed by atoms with Crippen LogP contribution < -0.4 is 5.32 Å². The zero-order chi connectivity index (χ0) is 12.4. The van der Waals surface area contributed by atoms with E-state index in [0.29, 0.717) is 11.3 Å². The molecule has 0 atom stereocenters. The van der Waals surface area contributed by atoms with Crippen LogP contribution in [-0.4, -0.2) is 5.91 Å². The molecule has 0 bridgehead atoms. The predicted octanol–water partition coefficient (Wildman–Crippen LogP) is 3.70. The van der Waals surface area contributed by atoms with Crippen molar-refractivity contribution in [1.29, 1.82) is 0 Å². The van der Waals surface area contributed by atoms with Crippen LogP contribution in [0, 0.1) is 5.82 Å². The first kappa shape index (κ1) is 11.7. The van der Waals surface area contributed by atoms with Gasteiger partial charge in [0.15, 0.2) is 0 Å². The largest absolute Gasteiger partial charge is 0.464 e. The summed E-state index contributed by atoms with van der Waals surface area (Å²) in [5.74, 6) is -0.462. The summed E-state index contributed by atoms with van der Waals surface area (Å²) >= 11 is 5.90. The Balaban J connectivity index is 2.45. The highest BCUT2D eigenvalue weighted by molar-refractivity contribution is 6.34. The minimum atomic E-state index is -0.598. The Kier molecular flexibility index (Phi) is 3.15. The van der Waals surface area contributed by atoms with Gasteiger partial charge in [-0.1, -0.05) is 11.6 Å². The lowest BCUT2D eigenvalue weighted by Crippen LogP contribution is -2.08. The highest BCUT2D eigenvalue weighted by Gasteiger charge is 2.12. The number of hydrogen-bond acceptors (Lipinski definition) is 2. The molecular formula is C12H9ClFNO2. The fraction of sp³-hybridized carbons (Fsp3) is 0.0833. The maximum absolute atomic E-state index is 13.7. The van der Waals surface area contributed by atoms with E-state index in [0.717, 1.165) is 0 Å². The minimum absolute atomic E-state index is 0.0190. The monoisotopic (exact) mass is 253 g/mol. The summed E-state index contributed by atoms with van der Waals surface area (Å²) < 4.78 is 18.9. The van der Waals surface area contributed by atoms with Crippen LogP contribution in [-0.2, 0) is 4.79 Å². The second-order valence-corrected chi connectivity index (χ2v) is 3.88. The van der Waals surface area contributed by atoms with Crippen LogP contribution in [0.5, 0.6) is 0 Å². The molecule has 0 unspecified atom stereocenters. The lowest BCUT2D eigenvalue weighted by Gasteiger charge is -2.08. The molecule has 17 heavy (non-hydrogen) atoms. The summed E-state index contributed by atoms with van der Waals surface area (Å²) in [5.41, 5.74) is 0.501. The summed E-state index contributed by atoms with van der Waals surface area (Å²) in [6, 6.07) is 6.19. The van der Waals surface area contributed by atoms with Gasteiger partial charge >= 0.3 is 0 Å². The van der Waals surface area contributed by atoms with Crippen LogP contribution >= 0.6 is 11.6 Å². The van der Waals surface area contributed by atoms with Crippen molar-refractivity contribution >= 4 is 23.2 Å². The Hall–Kier alpha value is -1.81. The second-order valence-electron chi connectivity index (χ2n) is 3.47. The van der Waals surface area contributed by atoms with Crippen molar-refractivity contribution in [3.05, 3.63) is 41.4 Å². The van der Waals surface area contributed by atoms with Gasteiger partial charge in [-0.15, -0.1) is 0 Å². The van der Waals surface area contributed by atoms with Crippen molar-refractivity contribution in [3.8, 4) is 11.3 Å². The van der Waals surface area contributed by atoms with E-state index >= 15 is 0 Å². The summed E-state index contributed by atoms with van der Waals surface area (Å²) in [5, 5.41) is 2.47. The molecule has 0 radical (unpaired) electrons. The quantitative estimate of drug-likeness (QED) is 0.887. The van der Waals surface area contributed by atoms with E-state index in [1.807, 2.05) is 0 Å². The van der Waals surface area contributed by atoms with Crippen molar-refractivity contribution in [2.24, 2.45) is 0 Å². The van der Waals surface area contributed by atoms with Crippen LogP contribution in [0.2, 0.25) is 5.02 Å². The molecule has 1 N–H and O–H groups in total. The minimum Gasteiger partial charge on any atom is -0.464 e. The molecule has 1 amide bonds. The first-order valence-corrected chi connectivity index (χ1v) is 5.26. The van der Waals surface area contributed by atoms with E-state index in [4.69, 9.17) is 16.0 Å². The van der Waals surface area contributed by atoms with E-state index in [9.17, 15) is 9.18 Å². The number of carbonyl (C=O) groups excluding carboxylic acids is 1. The van der Waals surface area contributed by atoms with Gasteiger partial charge in [-0.3, -0.25) is 4.79 Å². The maximum Gasteiger partial charge on any atom is 0.221 e. The Labute approximate surface area is 102 Å². The molecule has 0 fully saturated rings. The van der Waals surface area contributed by atoms with Crippen molar-refractivity contribution in [1.82, 2.24) is 0 Å². The van der Waals surface area contributed by atoms with Gasteiger partial charge in [0.1, 0.15) is 11.6 Å². The molecule has 5 heteroatoms. The number of nitrogens with one attached hydrogen (secondary N) is 1. The normalized spacial score (nSPS) is 10.3. The van der Waals surface area contributed by atoms with Gasteiger partial charge in [0.25, 0.3) is 0 Å². The number of rotatable bonds is 2. The van der Waals surface area contributed by atoms with Crippen molar-refractivity contribution in [2.45, 2.75) is 6.92 Å². The number of anilines is 1. The smallest absolute Gasteiger partial charge is 0.221 e. The summed E-state index contributed by atoms with van der Waals surface area (Å²) in [6.07, 6.45) is 1.49. The van der Waals surface area contributed by atoms with E-state index in [1.54, 1.807) is 12.1 Å². The van der Waals surface area contributed by atoms with Gasteiger partial charge in [0.05, 0.1) is 17.0 Å². The summed E-state index contributed by atoms with van der Waals surface area (Å²) in [6.45, 7) is 1.29. The van der Waals surface area contributed by atoms with Crippen LogP contribution in [0.4, 0.5) is 10.1 Å². The van der Waals surface area contributed by atoms with Crippen LogP contribution in [0.25, 0.3) is 11.3 Å². The Bertz CT molecular complexity index is 529. The molecule has 0 aliphatic heterocycles. The molecule has 2 rings (SSSR count). The van der Waals surface area contributed by atoms with Crippen molar-refractivity contribution < 1.29 is 13.6 Å². The van der Waals surface area contributed by atoms with Gasteiger partial charge in [-0.25, -0.2) is 4.39 Å². The zero-order valence-electron chi connectivity index (χ0n) is 8.96. The third kappa shape index (κ3) is 2.47. The first-order valence-electron chi connectivity index (χ1n) is 4.88. The molecular weight excluding hydrogens is 245 g/mol. The third-order valence-electron chi connectivity index (χ3n) is 2.15. The van der Waals surface area contributed by atoms with Crippen molar-refractivity contribution in [2.75, 3.05) is 5.32 Å². The van der Waals surface area contributed by atoms with E-state index in [-0.39, 0.29) is 16.6 Å². The van der Waals surface area contributed by atoms with Gasteiger partial charge in [0.2, 0.25) is 5.91 Å². The fourth-order valence-corrected chi connectivity index (χ4v) is 1.71. The first-order chi connectivity index (χ1) is 8.08. The highest BCUT2D eigenvalue weighted by Crippen LogP contribution is 2.31. The average molecular weight is 254 g/mol. The molecule has 0 saturated carbocycles. The Morgan fingerprint density at radius 1 is 1.47 bits per heavy atom. The average Bonchev–Trinajstić information content (AvgIpc) is 2.76. The number of amides is 1. The number of halogens is 2. The van der Waals surface area contributed by atoms with Gasteiger partial charge in [0, 0.05) is 12.5 Å². The number of furan rings is 1. The Morgan fingerprint density at radius 3 is 2.76 bits per heavy atom. The van der Waals surface area contributed by atoms with Gasteiger partial charge < -0.3 is 9.73 Å². The molecule has 0 aliphatic carbocycles. The number of carbonyl (C=O) groups is 1. The lowest BCUT2D eigenvalue weighted by atomic mass is 10.1. The predicted molar refractivity (Wildman–Crippen MR) is 63.4 cm³/mol. The highest BCUT2D eigenvalue weighted by atomic mass is 35.5. The molecule has 0 aliphatic rings. The third-order valence-corrected chi connectivity index (χ3v) is 2.45. The topological polar surface area (TPSA) is 42.2 Å². The Morgan fingerprint density at radius 2 is 2.24 bits per heavy atom. The maximum atomic E-state index is 13.7. The molecule has 0 saturated heterocycles. The van der Waals surface area contributed by atoms with E-state index < -0.39 is 5.82 Å². The molecule has 3 nitrogen and oxygen atoms in total. The van der Waals surface area contributed by atoms with E-state index in [1.165, 1.54) is 25.3 Å². The van der Waals surface area contributed by atoms with E-state index in [2.05, 4.69) is 5.32 Å². The molecule has 1 aromatic heterocycles. The molecule has 0 spiro atoms. The van der Waals surface area contributed by atoms with Crippen molar-refractivity contribution in [3.63, 3.8) is 0 Å². The number of hydrogen-bond donors (Lipinski definition) is 1. The summed E-state index contributed by atoms with van der Waals surface area (Å²) in [4.78, 5) is 10.9.